The van der Waals surface area contributed by atoms with Gasteiger partial charge < -0.3 is 19.1 Å². The normalized spacial score (nSPS) is 26.4. The summed E-state index contributed by atoms with van der Waals surface area (Å²) < 4.78 is 40.5. The zero-order valence-electron chi connectivity index (χ0n) is 13.9. The fourth-order valence-electron chi connectivity index (χ4n) is 3.33. The number of hydrogen-bond acceptors (Lipinski definition) is 8. The fraction of sp³-hybridized carbons (Fsp3) is 0.562. The Morgan fingerprint density at radius 2 is 2.08 bits per heavy atom. The Balaban J connectivity index is 1.65. The topological polar surface area (TPSA) is 77.4 Å². The Kier molecular flexibility index (Phi) is 4.55. The number of hydrogen-bond donors (Lipinski definition) is 0. The van der Waals surface area contributed by atoms with Gasteiger partial charge in [0.1, 0.15) is 13.2 Å². The molecule has 0 aliphatic carbocycles. The number of methoxy groups -OCH3 is 1. The average Bonchev–Trinajstić information content (AvgIpc) is 3.05. The summed E-state index contributed by atoms with van der Waals surface area (Å²) in [6.07, 6.45) is 0. The Morgan fingerprint density at radius 3 is 2.88 bits per heavy atom. The lowest BCUT2D eigenvalue weighted by atomic mass is 10.1. The van der Waals surface area contributed by atoms with Gasteiger partial charge in [0.05, 0.1) is 30.2 Å². The van der Waals surface area contributed by atoms with Crippen LogP contribution >= 0.6 is 11.8 Å². The van der Waals surface area contributed by atoms with Gasteiger partial charge in [0.25, 0.3) is 0 Å². The Labute approximate surface area is 151 Å². The minimum Gasteiger partial charge on any atom is -0.486 e. The maximum absolute atomic E-state index is 12.1. The molecule has 0 spiro atoms. The van der Waals surface area contributed by atoms with Crippen LogP contribution in [0, 0.1) is 0 Å². The summed E-state index contributed by atoms with van der Waals surface area (Å²) in [6.45, 7) is 1.67. The SMILES string of the molecule is COCCSC1=N[C@H]2CS(=O)(=O)C[C@H]2N1c1ccc2c(c1)OCCO2. The molecular weight excluding hydrogens is 364 g/mol. The summed E-state index contributed by atoms with van der Waals surface area (Å²) in [5.41, 5.74) is 0.887. The maximum atomic E-state index is 12.1. The molecule has 1 saturated heterocycles. The number of rotatable bonds is 4. The van der Waals surface area contributed by atoms with E-state index in [-0.39, 0.29) is 23.6 Å². The van der Waals surface area contributed by atoms with Crippen LogP contribution in [-0.4, -0.2) is 69.9 Å². The molecule has 0 amide bonds. The Hall–Kier alpha value is -1.45. The Morgan fingerprint density at radius 1 is 1.28 bits per heavy atom. The lowest BCUT2D eigenvalue weighted by Gasteiger charge is -2.28. The number of ether oxygens (including phenoxy) is 3. The molecule has 0 saturated carbocycles. The number of fused-ring (bicyclic) bond motifs is 2. The molecule has 4 rings (SSSR count). The van der Waals surface area contributed by atoms with Gasteiger partial charge in [-0.1, -0.05) is 11.8 Å². The predicted molar refractivity (Wildman–Crippen MR) is 97.9 cm³/mol. The van der Waals surface area contributed by atoms with Gasteiger partial charge >= 0.3 is 0 Å². The van der Waals surface area contributed by atoms with Crippen LogP contribution in [0.2, 0.25) is 0 Å². The number of aliphatic imine (C=N–C) groups is 1. The van der Waals surface area contributed by atoms with Gasteiger partial charge in [-0.2, -0.15) is 0 Å². The van der Waals surface area contributed by atoms with Crippen molar-refractivity contribution >= 4 is 32.5 Å². The van der Waals surface area contributed by atoms with E-state index < -0.39 is 9.84 Å². The van der Waals surface area contributed by atoms with Gasteiger partial charge in [-0.15, -0.1) is 0 Å². The van der Waals surface area contributed by atoms with Crippen molar-refractivity contribution in [1.82, 2.24) is 0 Å². The molecule has 3 heterocycles. The molecular formula is C16H20N2O5S2. The number of sulfone groups is 1. The molecule has 3 aliphatic rings. The van der Waals surface area contributed by atoms with E-state index in [1.807, 2.05) is 23.1 Å². The van der Waals surface area contributed by atoms with Crippen molar-refractivity contribution in [3.63, 3.8) is 0 Å². The van der Waals surface area contributed by atoms with E-state index in [2.05, 4.69) is 4.99 Å². The molecule has 9 heteroatoms. The third-order valence-corrected chi connectivity index (χ3v) is 7.06. The summed E-state index contributed by atoms with van der Waals surface area (Å²) in [5, 5.41) is 0.846. The monoisotopic (exact) mass is 384 g/mol. The van der Waals surface area contributed by atoms with E-state index >= 15 is 0 Å². The number of nitrogens with zero attached hydrogens (tertiary/aromatic N) is 2. The highest BCUT2D eigenvalue weighted by molar-refractivity contribution is 8.14. The summed E-state index contributed by atoms with van der Waals surface area (Å²) in [7, 11) is -1.39. The van der Waals surface area contributed by atoms with Gasteiger partial charge in [0, 0.05) is 24.6 Å². The summed E-state index contributed by atoms with van der Waals surface area (Å²) in [4.78, 5) is 6.72. The molecule has 25 heavy (non-hydrogen) atoms. The molecule has 3 aliphatic heterocycles. The van der Waals surface area contributed by atoms with E-state index in [4.69, 9.17) is 14.2 Å². The first-order valence-corrected chi connectivity index (χ1v) is 11.0. The minimum absolute atomic E-state index is 0.118. The summed E-state index contributed by atoms with van der Waals surface area (Å²) >= 11 is 1.59. The van der Waals surface area contributed by atoms with Gasteiger partial charge in [-0.3, -0.25) is 4.99 Å². The molecule has 0 unspecified atom stereocenters. The van der Waals surface area contributed by atoms with Crippen LogP contribution in [0.25, 0.3) is 0 Å². The average molecular weight is 384 g/mol. The van der Waals surface area contributed by atoms with Crippen molar-refractivity contribution in [1.29, 1.82) is 0 Å². The molecule has 0 radical (unpaired) electrons. The van der Waals surface area contributed by atoms with E-state index in [0.29, 0.717) is 25.6 Å². The quantitative estimate of drug-likeness (QED) is 0.722. The van der Waals surface area contributed by atoms with E-state index in [0.717, 1.165) is 22.4 Å². The van der Waals surface area contributed by atoms with Crippen molar-refractivity contribution < 1.29 is 22.6 Å². The minimum atomic E-state index is -3.05. The second kappa shape index (κ2) is 6.69. The van der Waals surface area contributed by atoms with E-state index in [9.17, 15) is 8.42 Å². The van der Waals surface area contributed by atoms with Gasteiger partial charge in [-0.25, -0.2) is 8.42 Å². The zero-order chi connectivity index (χ0) is 17.4. The van der Waals surface area contributed by atoms with Crippen molar-refractivity contribution in [2.45, 2.75) is 12.1 Å². The number of thioether (sulfide) groups is 1. The first-order valence-electron chi connectivity index (χ1n) is 8.16. The summed E-state index contributed by atoms with van der Waals surface area (Å²) in [5.74, 6) is 2.42. The highest BCUT2D eigenvalue weighted by atomic mass is 32.2. The highest BCUT2D eigenvalue weighted by Crippen LogP contribution is 2.39. The van der Waals surface area contributed by atoms with E-state index in [1.165, 1.54) is 0 Å². The van der Waals surface area contributed by atoms with Crippen LogP contribution in [0.15, 0.2) is 23.2 Å². The molecule has 1 aromatic rings. The number of benzene rings is 1. The van der Waals surface area contributed by atoms with Crippen LogP contribution < -0.4 is 14.4 Å². The van der Waals surface area contributed by atoms with Crippen molar-refractivity contribution in [2.75, 3.05) is 49.1 Å². The van der Waals surface area contributed by atoms with Gasteiger partial charge in [0.2, 0.25) is 0 Å². The van der Waals surface area contributed by atoms with Crippen LogP contribution in [0.1, 0.15) is 0 Å². The molecule has 136 valence electrons. The van der Waals surface area contributed by atoms with E-state index in [1.54, 1.807) is 18.9 Å². The first-order chi connectivity index (χ1) is 12.1. The number of amidine groups is 1. The molecule has 0 aromatic heterocycles. The molecule has 7 nitrogen and oxygen atoms in total. The second-order valence-electron chi connectivity index (χ2n) is 6.16. The first kappa shape index (κ1) is 17.0. The van der Waals surface area contributed by atoms with Crippen LogP contribution in [0.4, 0.5) is 5.69 Å². The highest BCUT2D eigenvalue weighted by Gasteiger charge is 2.47. The lowest BCUT2D eigenvalue weighted by molar-refractivity contribution is 0.171. The smallest absolute Gasteiger partial charge is 0.164 e. The lowest BCUT2D eigenvalue weighted by Crippen LogP contribution is -2.39. The van der Waals surface area contributed by atoms with Crippen LogP contribution in [-0.2, 0) is 14.6 Å². The maximum Gasteiger partial charge on any atom is 0.164 e. The van der Waals surface area contributed by atoms with Gasteiger partial charge in [-0.05, 0) is 12.1 Å². The van der Waals surface area contributed by atoms with Crippen LogP contribution in [0.3, 0.4) is 0 Å². The zero-order valence-corrected chi connectivity index (χ0v) is 15.5. The molecule has 0 bridgehead atoms. The van der Waals surface area contributed by atoms with Gasteiger partial charge in [0.15, 0.2) is 26.5 Å². The molecule has 0 N–H and O–H groups in total. The van der Waals surface area contributed by atoms with Crippen molar-refractivity contribution in [3.8, 4) is 11.5 Å². The molecule has 2 atom stereocenters. The van der Waals surface area contributed by atoms with Crippen molar-refractivity contribution in [3.05, 3.63) is 18.2 Å². The summed E-state index contributed by atoms with van der Waals surface area (Å²) in [6, 6.07) is 5.36. The van der Waals surface area contributed by atoms with Crippen molar-refractivity contribution in [2.24, 2.45) is 4.99 Å². The number of anilines is 1. The third kappa shape index (κ3) is 3.32. The predicted octanol–water partition coefficient (Wildman–Crippen LogP) is 1.18. The Bertz CT molecular complexity index is 796. The molecule has 1 aromatic carbocycles. The van der Waals surface area contributed by atoms with Crippen LogP contribution in [0.5, 0.6) is 11.5 Å². The standard InChI is InChI=1S/C16H20N2O5S2/c1-21-6-7-24-16-17-12-9-25(19,20)10-13(12)18(16)11-2-3-14-15(8-11)23-5-4-22-14/h2-3,8,12-13H,4-7,9-10H2,1H3/t12-,13+/m0/s1. The second-order valence-corrected chi connectivity index (χ2v) is 9.38. The molecule has 1 fully saturated rings. The largest absolute Gasteiger partial charge is 0.486 e. The third-order valence-electron chi connectivity index (χ3n) is 4.43. The fourth-order valence-corrected chi connectivity index (χ4v) is 6.20.